The molecule has 0 atom stereocenters. The lowest BCUT2D eigenvalue weighted by atomic mass is 9.95. The number of benzene rings is 1. The van der Waals surface area contributed by atoms with Gasteiger partial charge in [0.2, 0.25) is 0 Å². The molecular weight excluding hydrogens is 382 g/mol. The first-order valence-electron chi connectivity index (χ1n) is 7.44. The summed E-state index contributed by atoms with van der Waals surface area (Å²) in [5, 5.41) is 3.68. The fourth-order valence-corrected chi connectivity index (χ4v) is 4.08. The molecule has 1 fully saturated rings. The van der Waals surface area contributed by atoms with E-state index in [2.05, 4.69) is 57.1 Å². The highest BCUT2D eigenvalue weighted by atomic mass is 79.9. The molecule has 0 aliphatic heterocycles. The van der Waals surface area contributed by atoms with Gasteiger partial charge in [0.25, 0.3) is 0 Å². The summed E-state index contributed by atoms with van der Waals surface area (Å²) in [6.07, 6.45) is 6.89. The highest BCUT2D eigenvalue weighted by Gasteiger charge is 2.16. The predicted molar refractivity (Wildman–Crippen MR) is 91.3 cm³/mol. The molecule has 1 aromatic rings. The van der Waals surface area contributed by atoms with Crippen molar-refractivity contribution in [3.05, 3.63) is 26.6 Å². The lowest BCUT2D eigenvalue weighted by Crippen LogP contribution is -2.30. The van der Waals surface area contributed by atoms with Crippen LogP contribution < -0.4 is 10.1 Å². The molecule has 0 amide bonds. The standard InChI is InChI=1S/C16H23Br2NO/c1-11(2)20-16-12(8-13(17)9-15(16)18)10-19-14-6-4-3-5-7-14/h8-9,11,14,19H,3-7,10H2,1-2H3. The molecule has 20 heavy (non-hydrogen) atoms. The Bertz CT molecular complexity index is 442. The largest absolute Gasteiger partial charge is 0.489 e. The summed E-state index contributed by atoms with van der Waals surface area (Å²) >= 11 is 7.18. The van der Waals surface area contributed by atoms with Crippen LogP contribution in [0.4, 0.5) is 0 Å². The Balaban J connectivity index is 2.08. The third-order valence-electron chi connectivity index (χ3n) is 3.63. The van der Waals surface area contributed by atoms with E-state index in [1.807, 2.05) is 6.07 Å². The second-order valence-electron chi connectivity index (χ2n) is 5.76. The van der Waals surface area contributed by atoms with Crippen LogP contribution in [-0.2, 0) is 6.54 Å². The number of halogens is 2. The molecule has 1 N–H and O–H groups in total. The average Bonchev–Trinajstić information content (AvgIpc) is 2.40. The molecule has 1 aliphatic carbocycles. The van der Waals surface area contributed by atoms with Gasteiger partial charge in [-0.05, 0) is 54.8 Å². The molecule has 0 spiro atoms. The van der Waals surface area contributed by atoms with Crippen molar-refractivity contribution in [3.8, 4) is 5.75 Å². The van der Waals surface area contributed by atoms with E-state index in [0.29, 0.717) is 6.04 Å². The predicted octanol–water partition coefficient (Wildman–Crippen LogP) is 5.42. The second-order valence-corrected chi connectivity index (χ2v) is 7.53. The molecule has 1 aliphatic rings. The van der Waals surface area contributed by atoms with Crippen molar-refractivity contribution in [2.45, 2.75) is 64.6 Å². The van der Waals surface area contributed by atoms with Gasteiger partial charge in [-0.15, -0.1) is 0 Å². The molecule has 2 rings (SSSR count). The fraction of sp³-hybridized carbons (Fsp3) is 0.625. The van der Waals surface area contributed by atoms with Crippen LogP contribution in [0.1, 0.15) is 51.5 Å². The Kier molecular flexibility index (Phi) is 6.37. The zero-order valence-corrected chi connectivity index (χ0v) is 15.4. The maximum absolute atomic E-state index is 5.96. The molecule has 0 bridgehead atoms. The van der Waals surface area contributed by atoms with Gasteiger partial charge in [0.1, 0.15) is 5.75 Å². The quantitative estimate of drug-likeness (QED) is 0.707. The SMILES string of the molecule is CC(C)Oc1c(Br)cc(Br)cc1CNC1CCCCC1. The minimum Gasteiger partial charge on any atom is -0.489 e. The minimum absolute atomic E-state index is 0.181. The summed E-state index contributed by atoms with van der Waals surface area (Å²) in [6, 6.07) is 4.86. The third-order valence-corrected chi connectivity index (χ3v) is 4.67. The Labute approximate surface area is 138 Å². The van der Waals surface area contributed by atoms with E-state index in [9.17, 15) is 0 Å². The van der Waals surface area contributed by atoms with E-state index in [0.717, 1.165) is 21.2 Å². The van der Waals surface area contributed by atoms with Crippen LogP contribution >= 0.6 is 31.9 Å². The first-order valence-corrected chi connectivity index (χ1v) is 9.03. The first-order chi connectivity index (χ1) is 9.56. The van der Waals surface area contributed by atoms with Crippen LogP contribution in [0, 0.1) is 0 Å². The molecule has 0 heterocycles. The van der Waals surface area contributed by atoms with Gasteiger partial charge in [0.05, 0.1) is 10.6 Å². The summed E-state index contributed by atoms with van der Waals surface area (Å²) in [5.41, 5.74) is 1.21. The van der Waals surface area contributed by atoms with E-state index < -0.39 is 0 Å². The molecule has 1 aromatic carbocycles. The third kappa shape index (κ3) is 4.74. The number of rotatable bonds is 5. The summed E-state index contributed by atoms with van der Waals surface area (Å²) in [5.74, 6) is 0.964. The van der Waals surface area contributed by atoms with Crippen molar-refractivity contribution in [2.75, 3.05) is 0 Å². The first kappa shape index (κ1) is 16.3. The Morgan fingerprint density at radius 3 is 2.55 bits per heavy atom. The van der Waals surface area contributed by atoms with Crippen LogP contribution in [0.2, 0.25) is 0 Å². The smallest absolute Gasteiger partial charge is 0.138 e. The topological polar surface area (TPSA) is 21.3 Å². The van der Waals surface area contributed by atoms with Crippen molar-refractivity contribution in [3.63, 3.8) is 0 Å². The van der Waals surface area contributed by atoms with Crippen molar-refractivity contribution in [1.29, 1.82) is 0 Å². The van der Waals surface area contributed by atoms with Crippen LogP contribution in [0.15, 0.2) is 21.1 Å². The van der Waals surface area contributed by atoms with E-state index >= 15 is 0 Å². The lowest BCUT2D eigenvalue weighted by molar-refractivity contribution is 0.237. The normalized spacial score (nSPS) is 16.6. The molecule has 0 aromatic heterocycles. The van der Waals surface area contributed by atoms with Crippen LogP contribution in [0.25, 0.3) is 0 Å². The zero-order valence-electron chi connectivity index (χ0n) is 12.2. The van der Waals surface area contributed by atoms with Gasteiger partial charge < -0.3 is 10.1 Å². The van der Waals surface area contributed by atoms with Crippen molar-refractivity contribution in [1.82, 2.24) is 5.32 Å². The van der Waals surface area contributed by atoms with E-state index in [4.69, 9.17) is 4.74 Å². The van der Waals surface area contributed by atoms with Crippen LogP contribution in [-0.4, -0.2) is 12.1 Å². The van der Waals surface area contributed by atoms with Crippen molar-refractivity contribution in [2.24, 2.45) is 0 Å². The summed E-state index contributed by atoms with van der Waals surface area (Å²) in [6.45, 7) is 4.99. The zero-order chi connectivity index (χ0) is 14.5. The highest BCUT2D eigenvalue weighted by Crippen LogP contribution is 2.34. The van der Waals surface area contributed by atoms with E-state index in [1.165, 1.54) is 37.7 Å². The van der Waals surface area contributed by atoms with Gasteiger partial charge in [-0.25, -0.2) is 0 Å². The summed E-state index contributed by atoms with van der Waals surface area (Å²) < 4.78 is 8.06. The minimum atomic E-state index is 0.181. The van der Waals surface area contributed by atoms with Gasteiger partial charge in [-0.3, -0.25) is 0 Å². The monoisotopic (exact) mass is 403 g/mol. The Hall–Kier alpha value is -0.0600. The molecule has 0 unspecified atom stereocenters. The second kappa shape index (κ2) is 7.81. The number of hydrogen-bond acceptors (Lipinski definition) is 2. The number of hydrogen-bond donors (Lipinski definition) is 1. The van der Waals surface area contributed by atoms with Gasteiger partial charge in [0, 0.05) is 22.6 Å². The van der Waals surface area contributed by atoms with Crippen LogP contribution in [0.3, 0.4) is 0 Å². The Morgan fingerprint density at radius 2 is 1.90 bits per heavy atom. The van der Waals surface area contributed by atoms with Crippen molar-refractivity contribution < 1.29 is 4.74 Å². The van der Waals surface area contributed by atoms with Crippen LogP contribution in [0.5, 0.6) is 5.75 Å². The molecule has 0 saturated heterocycles. The maximum Gasteiger partial charge on any atom is 0.138 e. The molecular formula is C16H23Br2NO. The molecule has 4 heteroatoms. The summed E-state index contributed by atoms with van der Waals surface area (Å²) in [4.78, 5) is 0. The van der Waals surface area contributed by atoms with E-state index in [1.54, 1.807) is 0 Å². The Morgan fingerprint density at radius 1 is 1.20 bits per heavy atom. The number of ether oxygens (including phenoxy) is 1. The lowest BCUT2D eigenvalue weighted by Gasteiger charge is -2.24. The van der Waals surface area contributed by atoms with Gasteiger partial charge in [-0.2, -0.15) is 0 Å². The maximum atomic E-state index is 5.96. The molecule has 1 saturated carbocycles. The van der Waals surface area contributed by atoms with Gasteiger partial charge in [0.15, 0.2) is 0 Å². The van der Waals surface area contributed by atoms with Crippen molar-refractivity contribution >= 4 is 31.9 Å². The highest BCUT2D eigenvalue weighted by molar-refractivity contribution is 9.11. The fourth-order valence-electron chi connectivity index (χ4n) is 2.67. The van der Waals surface area contributed by atoms with Gasteiger partial charge in [-0.1, -0.05) is 35.2 Å². The molecule has 2 nitrogen and oxygen atoms in total. The number of nitrogens with one attached hydrogen (secondary N) is 1. The molecule has 0 radical (unpaired) electrons. The molecule has 112 valence electrons. The summed E-state index contributed by atoms with van der Waals surface area (Å²) in [7, 11) is 0. The van der Waals surface area contributed by atoms with E-state index in [-0.39, 0.29) is 6.10 Å². The average molecular weight is 405 g/mol. The van der Waals surface area contributed by atoms with Gasteiger partial charge >= 0.3 is 0 Å².